The number of hydrogen-bond donors (Lipinski definition) is 0. The molecule has 1 saturated heterocycles. The second-order valence-corrected chi connectivity index (χ2v) is 7.36. The molecule has 0 spiro atoms. The molecule has 0 saturated carbocycles. The minimum atomic E-state index is -3.64. The second kappa shape index (κ2) is 5.78. The zero-order valence-corrected chi connectivity index (χ0v) is 13.1. The second-order valence-electron chi connectivity index (χ2n) is 5.47. The van der Waals surface area contributed by atoms with Crippen molar-refractivity contribution < 1.29 is 12.8 Å². The van der Waals surface area contributed by atoms with Gasteiger partial charge < -0.3 is 0 Å². The predicted octanol–water partition coefficient (Wildman–Crippen LogP) is 3.05. The van der Waals surface area contributed by atoms with Crippen molar-refractivity contribution in [2.24, 2.45) is 0 Å². The van der Waals surface area contributed by atoms with Crippen molar-refractivity contribution in [3.8, 4) is 0 Å². The molecule has 1 aliphatic rings. The number of pyridine rings is 1. The van der Waals surface area contributed by atoms with Gasteiger partial charge in [-0.05, 0) is 55.2 Å². The zero-order valence-electron chi connectivity index (χ0n) is 12.2. The van der Waals surface area contributed by atoms with E-state index >= 15 is 0 Å². The molecule has 0 amide bonds. The molecule has 4 nitrogen and oxygen atoms in total. The normalized spacial score (nSPS) is 19.5. The Bertz CT molecular complexity index is 778. The van der Waals surface area contributed by atoms with E-state index in [-0.39, 0.29) is 10.9 Å². The molecule has 3 rings (SSSR count). The fourth-order valence-corrected chi connectivity index (χ4v) is 4.62. The molecular weight excluding hydrogens is 303 g/mol. The first-order valence-corrected chi connectivity index (χ1v) is 8.62. The summed E-state index contributed by atoms with van der Waals surface area (Å²) in [6.45, 7) is 2.04. The number of aryl methyl sites for hydroxylation is 1. The molecule has 1 aromatic carbocycles. The van der Waals surface area contributed by atoms with Gasteiger partial charge in [0.25, 0.3) is 0 Å². The molecular formula is C16H17FN2O2S. The summed E-state index contributed by atoms with van der Waals surface area (Å²) in [6, 6.07) is 7.42. The molecule has 22 heavy (non-hydrogen) atoms. The average Bonchev–Trinajstić information content (AvgIpc) is 3.01. The van der Waals surface area contributed by atoms with Crippen molar-refractivity contribution in [1.82, 2.24) is 9.29 Å². The highest BCUT2D eigenvalue weighted by Crippen LogP contribution is 2.36. The van der Waals surface area contributed by atoms with Gasteiger partial charge in [-0.2, -0.15) is 4.31 Å². The number of aromatic nitrogens is 1. The van der Waals surface area contributed by atoms with Gasteiger partial charge in [0.2, 0.25) is 10.0 Å². The molecule has 1 fully saturated rings. The van der Waals surface area contributed by atoms with Gasteiger partial charge in [-0.1, -0.05) is 6.07 Å². The van der Waals surface area contributed by atoms with Gasteiger partial charge in [-0.15, -0.1) is 0 Å². The van der Waals surface area contributed by atoms with Gasteiger partial charge in [0.1, 0.15) is 5.82 Å². The predicted molar refractivity (Wildman–Crippen MR) is 81.2 cm³/mol. The lowest BCUT2D eigenvalue weighted by molar-refractivity contribution is 0.396. The van der Waals surface area contributed by atoms with Gasteiger partial charge in [0, 0.05) is 18.9 Å². The molecule has 2 heterocycles. The molecule has 0 unspecified atom stereocenters. The van der Waals surface area contributed by atoms with Crippen LogP contribution in [-0.2, 0) is 10.0 Å². The van der Waals surface area contributed by atoms with E-state index in [2.05, 4.69) is 4.98 Å². The van der Waals surface area contributed by atoms with Crippen molar-refractivity contribution in [3.05, 3.63) is 59.7 Å². The minimum Gasteiger partial charge on any atom is -0.264 e. The molecule has 0 bridgehead atoms. The maximum absolute atomic E-state index is 13.4. The van der Waals surface area contributed by atoms with E-state index in [4.69, 9.17) is 0 Å². The van der Waals surface area contributed by atoms with Gasteiger partial charge >= 0.3 is 0 Å². The van der Waals surface area contributed by atoms with Gasteiger partial charge in [0.15, 0.2) is 0 Å². The van der Waals surface area contributed by atoms with E-state index in [9.17, 15) is 12.8 Å². The molecule has 0 radical (unpaired) electrons. The third kappa shape index (κ3) is 2.64. The Labute approximate surface area is 129 Å². The first-order valence-electron chi connectivity index (χ1n) is 7.18. The molecule has 116 valence electrons. The molecule has 2 aromatic rings. The van der Waals surface area contributed by atoms with Gasteiger partial charge in [0.05, 0.1) is 10.9 Å². The largest absolute Gasteiger partial charge is 0.264 e. The highest BCUT2D eigenvalue weighted by atomic mass is 32.2. The molecule has 6 heteroatoms. The average molecular weight is 320 g/mol. The lowest BCUT2D eigenvalue weighted by Gasteiger charge is -2.24. The van der Waals surface area contributed by atoms with E-state index < -0.39 is 15.8 Å². The lowest BCUT2D eigenvalue weighted by atomic mass is 10.1. The molecule has 1 atom stereocenters. The lowest BCUT2D eigenvalue weighted by Crippen LogP contribution is -2.30. The summed E-state index contributed by atoms with van der Waals surface area (Å²) in [5.41, 5.74) is 1.22. The molecule has 0 aliphatic carbocycles. The summed E-state index contributed by atoms with van der Waals surface area (Å²) in [5, 5.41) is 0. The van der Waals surface area contributed by atoms with E-state index in [1.807, 2.05) is 6.07 Å². The van der Waals surface area contributed by atoms with Crippen molar-refractivity contribution in [1.29, 1.82) is 0 Å². The maximum Gasteiger partial charge on any atom is 0.243 e. The van der Waals surface area contributed by atoms with Crippen LogP contribution in [0.2, 0.25) is 0 Å². The van der Waals surface area contributed by atoms with Crippen LogP contribution in [0.25, 0.3) is 0 Å². The Kier molecular flexibility index (Phi) is 3.97. The fraction of sp³-hybridized carbons (Fsp3) is 0.312. The summed E-state index contributed by atoms with van der Waals surface area (Å²) < 4.78 is 40.6. The first kappa shape index (κ1) is 15.1. The van der Waals surface area contributed by atoms with Crippen molar-refractivity contribution in [3.63, 3.8) is 0 Å². The quantitative estimate of drug-likeness (QED) is 0.873. The zero-order chi connectivity index (χ0) is 15.7. The standard InChI is InChI=1S/C16H17FN2O2S/c1-12-10-14(6-7-15(12)17)22(20,21)19-9-3-5-16(19)13-4-2-8-18-11-13/h2,4,6-8,10-11,16H,3,5,9H2,1H3/t16-/m0/s1. The monoisotopic (exact) mass is 320 g/mol. The first-order chi connectivity index (χ1) is 10.5. The highest BCUT2D eigenvalue weighted by Gasteiger charge is 2.36. The van der Waals surface area contributed by atoms with Crippen LogP contribution in [0.5, 0.6) is 0 Å². The number of hydrogen-bond acceptors (Lipinski definition) is 3. The minimum absolute atomic E-state index is 0.141. The molecule has 1 aliphatic heterocycles. The summed E-state index contributed by atoms with van der Waals surface area (Å²) in [4.78, 5) is 4.21. The topological polar surface area (TPSA) is 50.3 Å². The Hall–Kier alpha value is -1.79. The van der Waals surface area contributed by atoms with Crippen LogP contribution in [-0.4, -0.2) is 24.3 Å². The van der Waals surface area contributed by atoms with E-state index in [1.165, 1.54) is 22.5 Å². The van der Waals surface area contributed by atoms with Gasteiger partial charge in [-0.25, -0.2) is 12.8 Å². The van der Waals surface area contributed by atoms with Crippen LogP contribution in [0.4, 0.5) is 4.39 Å². The summed E-state index contributed by atoms with van der Waals surface area (Å²) in [5.74, 6) is -0.399. The Balaban J connectivity index is 1.99. The van der Waals surface area contributed by atoms with Crippen molar-refractivity contribution in [2.75, 3.05) is 6.54 Å². The number of nitrogens with zero attached hydrogens (tertiary/aromatic N) is 2. The Morgan fingerprint density at radius 3 is 2.82 bits per heavy atom. The van der Waals surface area contributed by atoms with E-state index in [0.717, 1.165) is 18.4 Å². The van der Waals surface area contributed by atoms with Gasteiger partial charge in [-0.3, -0.25) is 4.98 Å². The third-order valence-electron chi connectivity index (χ3n) is 4.01. The number of halogens is 1. The van der Waals surface area contributed by atoms with Crippen LogP contribution < -0.4 is 0 Å². The highest BCUT2D eigenvalue weighted by molar-refractivity contribution is 7.89. The number of rotatable bonds is 3. The van der Waals surface area contributed by atoms with Crippen LogP contribution in [0.3, 0.4) is 0 Å². The van der Waals surface area contributed by atoms with E-state index in [0.29, 0.717) is 12.1 Å². The van der Waals surface area contributed by atoms with Crippen LogP contribution in [0.1, 0.15) is 30.0 Å². The van der Waals surface area contributed by atoms with Crippen molar-refractivity contribution >= 4 is 10.0 Å². The van der Waals surface area contributed by atoms with Crippen LogP contribution in [0, 0.1) is 12.7 Å². The number of benzene rings is 1. The SMILES string of the molecule is Cc1cc(S(=O)(=O)N2CCC[C@H]2c2cccnc2)ccc1F. The number of sulfonamides is 1. The summed E-state index contributed by atoms with van der Waals surface area (Å²) >= 11 is 0. The maximum atomic E-state index is 13.4. The van der Waals surface area contributed by atoms with Crippen LogP contribution >= 0.6 is 0 Å². The fourth-order valence-electron chi connectivity index (χ4n) is 2.85. The van der Waals surface area contributed by atoms with Crippen LogP contribution in [0.15, 0.2) is 47.6 Å². The third-order valence-corrected chi connectivity index (χ3v) is 5.91. The Morgan fingerprint density at radius 2 is 2.14 bits per heavy atom. The van der Waals surface area contributed by atoms with Crippen molar-refractivity contribution in [2.45, 2.75) is 30.7 Å². The summed E-state index contributed by atoms with van der Waals surface area (Å²) in [7, 11) is -3.64. The smallest absolute Gasteiger partial charge is 0.243 e. The van der Waals surface area contributed by atoms with E-state index in [1.54, 1.807) is 25.4 Å². The molecule has 0 N–H and O–H groups in total. The molecule has 1 aromatic heterocycles. The Morgan fingerprint density at radius 1 is 1.32 bits per heavy atom. The summed E-state index contributed by atoms with van der Waals surface area (Å²) in [6.07, 6.45) is 4.94.